The molecule has 9 heteroatoms. The number of aromatic nitrogens is 2. The molecule has 26 heavy (non-hydrogen) atoms. The zero-order chi connectivity index (χ0) is 18.9. The van der Waals surface area contributed by atoms with Crippen molar-refractivity contribution in [1.82, 2.24) is 15.1 Å². The molecule has 0 radical (unpaired) electrons. The first kappa shape index (κ1) is 17.8. The molecule has 0 aliphatic rings. The number of hydrogen-bond donors (Lipinski definition) is 1. The summed E-state index contributed by atoms with van der Waals surface area (Å²) in [6.07, 6.45) is -3.43. The van der Waals surface area contributed by atoms with E-state index >= 15 is 0 Å². The molecule has 1 aromatic carbocycles. The maximum Gasteiger partial charge on any atom is 0.435 e. The number of fused-ring (bicyclic) bond motifs is 1. The molecule has 0 aliphatic heterocycles. The molecule has 6 nitrogen and oxygen atoms in total. The van der Waals surface area contributed by atoms with E-state index in [0.717, 1.165) is 22.3 Å². The Balaban J connectivity index is 1.68. The van der Waals surface area contributed by atoms with Gasteiger partial charge in [0.1, 0.15) is 12.3 Å². The summed E-state index contributed by atoms with van der Waals surface area (Å²) < 4.78 is 49.5. The number of furan rings is 1. The van der Waals surface area contributed by atoms with Gasteiger partial charge in [-0.3, -0.25) is 9.48 Å². The van der Waals surface area contributed by atoms with E-state index < -0.39 is 23.8 Å². The molecule has 1 amide bonds. The van der Waals surface area contributed by atoms with Gasteiger partial charge in [0.15, 0.2) is 17.0 Å². The summed E-state index contributed by atoms with van der Waals surface area (Å²) in [5, 5.41) is 6.85. The number of ether oxygens (including phenoxy) is 1. The van der Waals surface area contributed by atoms with Gasteiger partial charge in [0.05, 0.1) is 13.2 Å². The number of hydrogen-bond acceptors (Lipinski definition) is 4. The highest BCUT2D eigenvalue weighted by atomic mass is 19.4. The lowest BCUT2D eigenvalue weighted by atomic mass is 10.2. The molecule has 1 N–H and O–H groups in total. The number of amides is 1. The first-order valence-corrected chi connectivity index (χ1v) is 7.74. The van der Waals surface area contributed by atoms with Crippen LogP contribution in [0.3, 0.4) is 0 Å². The van der Waals surface area contributed by atoms with E-state index in [9.17, 15) is 18.0 Å². The minimum absolute atomic E-state index is 0.329. The highest BCUT2D eigenvalue weighted by Crippen LogP contribution is 2.31. The van der Waals surface area contributed by atoms with Crippen molar-refractivity contribution in [2.24, 2.45) is 0 Å². The molecule has 0 spiro atoms. The third kappa shape index (κ3) is 3.66. The van der Waals surface area contributed by atoms with Crippen LogP contribution in [0.2, 0.25) is 0 Å². The van der Waals surface area contributed by atoms with Crippen LogP contribution < -0.4 is 10.1 Å². The minimum Gasteiger partial charge on any atom is -0.493 e. The summed E-state index contributed by atoms with van der Waals surface area (Å²) in [7, 11) is 1.53. The Morgan fingerprint density at radius 1 is 1.38 bits per heavy atom. The monoisotopic (exact) mass is 367 g/mol. The first-order valence-electron chi connectivity index (χ1n) is 7.74. The molecule has 0 aliphatic carbocycles. The van der Waals surface area contributed by atoms with Crippen LogP contribution in [0.15, 0.2) is 40.9 Å². The largest absolute Gasteiger partial charge is 0.493 e. The lowest BCUT2D eigenvalue weighted by Gasteiger charge is -2.11. The summed E-state index contributed by atoms with van der Waals surface area (Å²) in [5.41, 5.74) is -0.476. The first-order chi connectivity index (χ1) is 12.3. The van der Waals surface area contributed by atoms with Gasteiger partial charge in [-0.25, -0.2) is 0 Å². The Bertz CT molecular complexity index is 930. The van der Waals surface area contributed by atoms with Gasteiger partial charge in [-0.15, -0.1) is 0 Å². The fourth-order valence-electron chi connectivity index (χ4n) is 2.54. The molecular formula is C17H16F3N3O3. The second kappa shape index (κ2) is 6.74. The highest BCUT2D eigenvalue weighted by Gasteiger charge is 2.33. The standard InChI is InChI=1S/C17H16F3N3O3/c1-10(13-8-11-4-3-5-12(25-2)16(11)26-13)21-15(24)9-23-7-6-14(22-23)17(18,19)20/h3-8,10H,9H2,1-2H3,(H,21,24)/t10-/m0/s1. The summed E-state index contributed by atoms with van der Waals surface area (Å²) in [5.74, 6) is 0.597. The van der Waals surface area contributed by atoms with E-state index in [-0.39, 0.29) is 6.54 Å². The van der Waals surface area contributed by atoms with Crippen LogP contribution >= 0.6 is 0 Å². The molecule has 0 saturated heterocycles. The van der Waals surface area contributed by atoms with Crippen molar-refractivity contribution in [3.8, 4) is 5.75 Å². The number of carbonyl (C=O) groups excluding carboxylic acids is 1. The van der Waals surface area contributed by atoms with Gasteiger partial charge < -0.3 is 14.5 Å². The maximum atomic E-state index is 12.5. The van der Waals surface area contributed by atoms with Gasteiger partial charge >= 0.3 is 6.18 Å². The lowest BCUT2D eigenvalue weighted by molar-refractivity contribution is -0.141. The lowest BCUT2D eigenvalue weighted by Crippen LogP contribution is -2.30. The smallest absolute Gasteiger partial charge is 0.435 e. The number of methoxy groups -OCH3 is 1. The molecule has 0 saturated carbocycles. The molecule has 3 rings (SSSR count). The van der Waals surface area contributed by atoms with E-state index in [2.05, 4.69) is 10.4 Å². The third-order valence-electron chi connectivity index (χ3n) is 3.79. The van der Waals surface area contributed by atoms with Gasteiger partial charge in [0.25, 0.3) is 0 Å². The maximum absolute atomic E-state index is 12.5. The van der Waals surface area contributed by atoms with Crippen molar-refractivity contribution in [3.05, 3.63) is 48.0 Å². The van der Waals surface area contributed by atoms with Crippen molar-refractivity contribution >= 4 is 16.9 Å². The molecule has 138 valence electrons. The molecule has 0 unspecified atom stereocenters. The molecule has 0 fully saturated rings. The molecule has 2 aromatic heterocycles. The van der Waals surface area contributed by atoms with Gasteiger partial charge in [-0.2, -0.15) is 18.3 Å². The van der Waals surface area contributed by atoms with Crippen LogP contribution in [-0.4, -0.2) is 22.8 Å². The van der Waals surface area contributed by atoms with E-state index in [1.54, 1.807) is 19.1 Å². The van der Waals surface area contributed by atoms with Crippen molar-refractivity contribution in [2.45, 2.75) is 25.7 Å². The van der Waals surface area contributed by atoms with Gasteiger partial charge in [-0.05, 0) is 25.1 Å². The van der Waals surface area contributed by atoms with Crippen LogP contribution in [-0.2, 0) is 17.5 Å². The van der Waals surface area contributed by atoms with Crippen molar-refractivity contribution in [1.29, 1.82) is 0 Å². The Labute approximate surface area is 146 Å². The highest BCUT2D eigenvalue weighted by molar-refractivity contribution is 5.84. The topological polar surface area (TPSA) is 69.3 Å². The number of benzene rings is 1. The SMILES string of the molecule is COc1cccc2cc([C@H](C)NC(=O)Cn3ccc(C(F)(F)F)n3)oc12. The summed E-state index contributed by atoms with van der Waals surface area (Å²) in [6, 6.07) is 7.55. The summed E-state index contributed by atoms with van der Waals surface area (Å²) >= 11 is 0. The van der Waals surface area contributed by atoms with Crippen LogP contribution in [0, 0.1) is 0 Å². The van der Waals surface area contributed by atoms with Crippen molar-refractivity contribution < 1.29 is 27.1 Å². The number of para-hydroxylation sites is 1. The number of carbonyl (C=O) groups is 1. The van der Waals surface area contributed by atoms with Crippen LogP contribution in [0.25, 0.3) is 11.0 Å². The molecule has 2 heterocycles. The number of alkyl halides is 3. The summed E-state index contributed by atoms with van der Waals surface area (Å²) in [6.45, 7) is 1.39. The summed E-state index contributed by atoms with van der Waals surface area (Å²) in [4.78, 5) is 12.1. The van der Waals surface area contributed by atoms with E-state index in [1.165, 1.54) is 7.11 Å². The Kier molecular flexibility index (Phi) is 4.62. The number of nitrogens with one attached hydrogen (secondary N) is 1. The van der Waals surface area contributed by atoms with E-state index in [1.807, 2.05) is 12.1 Å². The second-order valence-electron chi connectivity index (χ2n) is 5.71. The van der Waals surface area contributed by atoms with Gasteiger partial charge in [0.2, 0.25) is 5.91 Å². The van der Waals surface area contributed by atoms with E-state index in [4.69, 9.17) is 9.15 Å². The van der Waals surface area contributed by atoms with Crippen molar-refractivity contribution in [2.75, 3.05) is 7.11 Å². The quantitative estimate of drug-likeness (QED) is 0.749. The Morgan fingerprint density at radius 3 is 2.81 bits per heavy atom. The fourth-order valence-corrected chi connectivity index (χ4v) is 2.54. The number of halogens is 3. The minimum atomic E-state index is -4.54. The van der Waals surface area contributed by atoms with Crippen LogP contribution in [0.1, 0.15) is 24.4 Å². The average molecular weight is 367 g/mol. The van der Waals surface area contributed by atoms with Gasteiger partial charge in [-0.1, -0.05) is 12.1 Å². The second-order valence-corrected chi connectivity index (χ2v) is 5.71. The number of nitrogens with zero attached hydrogens (tertiary/aromatic N) is 2. The molecule has 1 atom stereocenters. The zero-order valence-electron chi connectivity index (χ0n) is 14.0. The zero-order valence-corrected chi connectivity index (χ0v) is 14.0. The van der Waals surface area contributed by atoms with Crippen LogP contribution in [0.5, 0.6) is 5.75 Å². The van der Waals surface area contributed by atoms with Crippen molar-refractivity contribution in [3.63, 3.8) is 0 Å². The van der Waals surface area contributed by atoms with Crippen LogP contribution in [0.4, 0.5) is 13.2 Å². The Morgan fingerprint density at radius 2 is 2.15 bits per heavy atom. The third-order valence-corrected chi connectivity index (χ3v) is 3.79. The fraction of sp³-hybridized carbons (Fsp3) is 0.294. The molecule has 0 bridgehead atoms. The molecular weight excluding hydrogens is 351 g/mol. The average Bonchev–Trinajstić information content (AvgIpc) is 3.20. The normalized spacial score (nSPS) is 13.0. The Hall–Kier alpha value is -2.97. The van der Waals surface area contributed by atoms with Gasteiger partial charge in [0, 0.05) is 11.6 Å². The predicted octanol–water partition coefficient (Wildman–Crippen LogP) is 3.53. The predicted molar refractivity (Wildman–Crippen MR) is 86.6 cm³/mol. The van der Waals surface area contributed by atoms with E-state index in [0.29, 0.717) is 17.1 Å². The number of rotatable bonds is 5. The molecule has 3 aromatic rings.